The lowest BCUT2D eigenvalue weighted by Gasteiger charge is -2.39. The standard InChI is InChI=1S/C25H29N9O3S/c1-4-12-33-24(35)20-15-27-25(30-23(20)34(33)21-6-5-7-22(29-21)38(26,36)37)28-18-8-10-19(11-9-18)32-14-13-31(3)17(2)16-32/h4-11,15,17H,1,12-14,16H2,2-3H3,(H2,26,36,37)(H,27,28,30). The topological polar surface area (TPSA) is 144 Å². The van der Waals surface area contributed by atoms with Crippen molar-refractivity contribution < 1.29 is 8.42 Å². The minimum atomic E-state index is -4.05. The van der Waals surface area contributed by atoms with Gasteiger partial charge in [0.2, 0.25) is 5.95 Å². The van der Waals surface area contributed by atoms with Gasteiger partial charge >= 0.3 is 0 Å². The summed E-state index contributed by atoms with van der Waals surface area (Å²) in [4.78, 5) is 30.9. The summed E-state index contributed by atoms with van der Waals surface area (Å²) in [6, 6.07) is 12.9. The van der Waals surface area contributed by atoms with E-state index < -0.39 is 10.0 Å². The Morgan fingerprint density at radius 3 is 2.61 bits per heavy atom. The SMILES string of the molecule is C=CCn1c(=O)c2cnc(Nc3ccc(N4CCN(C)C(C)C4)cc3)nc2n1-c1cccc(S(N)(=O)=O)n1. The van der Waals surface area contributed by atoms with Crippen LogP contribution in [0.15, 0.2) is 71.1 Å². The number of rotatable bonds is 7. The molecule has 0 radical (unpaired) electrons. The van der Waals surface area contributed by atoms with Crippen LogP contribution in [-0.4, -0.2) is 70.4 Å². The smallest absolute Gasteiger partial charge is 0.278 e. The number of primary sulfonamides is 1. The zero-order valence-corrected chi connectivity index (χ0v) is 22.0. The fourth-order valence-corrected chi connectivity index (χ4v) is 4.95. The first kappa shape index (κ1) is 25.6. The molecule has 13 heteroatoms. The van der Waals surface area contributed by atoms with E-state index in [1.54, 1.807) is 12.1 Å². The summed E-state index contributed by atoms with van der Waals surface area (Å²) in [6.45, 7) is 9.02. The van der Waals surface area contributed by atoms with Gasteiger partial charge in [-0.3, -0.25) is 4.79 Å². The molecule has 1 fully saturated rings. The highest BCUT2D eigenvalue weighted by Gasteiger charge is 2.21. The highest BCUT2D eigenvalue weighted by atomic mass is 32.2. The van der Waals surface area contributed by atoms with Gasteiger partial charge in [0, 0.05) is 43.2 Å². The minimum absolute atomic E-state index is 0.144. The molecule has 38 heavy (non-hydrogen) atoms. The Kier molecular flexibility index (Phi) is 6.73. The Labute approximate surface area is 220 Å². The molecular weight excluding hydrogens is 506 g/mol. The number of likely N-dealkylation sites (N-methyl/N-ethyl adjacent to an activating group) is 1. The zero-order valence-electron chi connectivity index (χ0n) is 21.1. The number of piperazine rings is 1. The first-order chi connectivity index (χ1) is 18.2. The van der Waals surface area contributed by atoms with Gasteiger partial charge in [-0.25, -0.2) is 32.9 Å². The van der Waals surface area contributed by atoms with Crippen LogP contribution in [-0.2, 0) is 16.6 Å². The highest BCUT2D eigenvalue weighted by molar-refractivity contribution is 7.89. The molecule has 4 aromatic rings. The summed E-state index contributed by atoms with van der Waals surface area (Å²) in [7, 11) is -1.91. The molecule has 1 saturated heterocycles. The number of sulfonamides is 1. The normalized spacial score (nSPS) is 16.6. The third-order valence-corrected chi connectivity index (χ3v) is 7.45. The number of benzene rings is 1. The molecule has 5 rings (SSSR count). The molecule has 198 valence electrons. The van der Waals surface area contributed by atoms with Crippen molar-refractivity contribution in [3.05, 3.63) is 71.7 Å². The van der Waals surface area contributed by atoms with Gasteiger partial charge in [-0.15, -0.1) is 6.58 Å². The number of hydrogen-bond acceptors (Lipinski definition) is 9. The molecule has 4 heterocycles. The van der Waals surface area contributed by atoms with E-state index in [4.69, 9.17) is 5.14 Å². The minimum Gasteiger partial charge on any atom is -0.369 e. The van der Waals surface area contributed by atoms with Gasteiger partial charge in [0.05, 0.1) is 6.54 Å². The van der Waals surface area contributed by atoms with Crippen LogP contribution >= 0.6 is 0 Å². The number of anilines is 3. The first-order valence-electron chi connectivity index (χ1n) is 12.1. The number of fused-ring (bicyclic) bond motifs is 1. The quantitative estimate of drug-likeness (QED) is 0.338. The Balaban J connectivity index is 1.50. The van der Waals surface area contributed by atoms with Crippen molar-refractivity contribution in [3.63, 3.8) is 0 Å². The molecule has 12 nitrogen and oxygen atoms in total. The van der Waals surface area contributed by atoms with Crippen LogP contribution in [0, 0.1) is 0 Å². The van der Waals surface area contributed by atoms with E-state index in [1.165, 1.54) is 27.7 Å². The van der Waals surface area contributed by atoms with E-state index in [9.17, 15) is 13.2 Å². The second-order valence-corrected chi connectivity index (χ2v) is 10.8. The van der Waals surface area contributed by atoms with E-state index in [0.29, 0.717) is 6.04 Å². The van der Waals surface area contributed by atoms with E-state index in [-0.39, 0.29) is 39.9 Å². The van der Waals surface area contributed by atoms with E-state index >= 15 is 0 Å². The fourth-order valence-electron chi connectivity index (χ4n) is 4.46. The van der Waals surface area contributed by atoms with E-state index in [1.807, 2.05) is 12.1 Å². The molecule has 0 saturated carbocycles. The third kappa shape index (κ3) is 4.90. The van der Waals surface area contributed by atoms with Crippen LogP contribution in [0.4, 0.5) is 17.3 Å². The number of pyridine rings is 1. The highest BCUT2D eigenvalue weighted by Crippen LogP contribution is 2.23. The predicted molar refractivity (Wildman–Crippen MR) is 147 cm³/mol. The van der Waals surface area contributed by atoms with Crippen LogP contribution in [0.3, 0.4) is 0 Å². The lowest BCUT2D eigenvalue weighted by Crippen LogP contribution is -2.50. The van der Waals surface area contributed by atoms with Crippen molar-refractivity contribution in [1.82, 2.24) is 29.2 Å². The van der Waals surface area contributed by atoms with Crippen LogP contribution in [0.25, 0.3) is 16.9 Å². The molecule has 1 unspecified atom stereocenters. The number of nitrogens with two attached hydrogens (primary N) is 1. The van der Waals surface area contributed by atoms with Gasteiger partial charge in [-0.1, -0.05) is 12.1 Å². The fraction of sp³-hybridized carbons (Fsp3) is 0.280. The molecule has 1 atom stereocenters. The van der Waals surface area contributed by atoms with Gasteiger partial charge in [0.15, 0.2) is 16.5 Å². The van der Waals surface area contributed by atoms with E-state index in [2.05, 4.69) is 62.8 Å². The lowest BCUT2D eigenvalue weighted by molar-refractivity contribution is 0.234. The number of allylic oxidation sites excluding steroid dienone is 1. The maximum Gasteiger partial charge on any atom is 0.278 e. The summed E-state index contributed by atoms with van der Waals surface area (Å²) in [5.41, 5.74) is 1.82. The summed E-state index contributed by atoms with van der Waals surface area (Å²) in [5.74, 6) is 0.437. The molecule has 3 N–H and O–H groups in total. The summed E-state index contributed by atoms with van der Waals surface area (Å²) < 4.78 is 26.6. The van der Waals surface area contributed by atoms with Crippen LogP contribution < -0.4 is 20.9 Å². The van der Waals surface area contributed by atoms with Crippen molar-refractivity contribution in [2.24, 2.45) is 5.14 Å². The molecule has 3 aromatic heterocycles. The van der Waals surface area contributed by atoms with Gasteiger partial charge in [-0.2, -0.15) is 4.98 Å². The van der Waals surface area contributed by atoms with Crippen molar-refractivity contribution in [2.75, 3.05) is 36.9 Å². The molecular formula is C25H29N9O3S. The largest absolute Gasteiger partial charge is 0.369 e. The van der Waals surface area contributed by atoms with Crippen molar-refractivity contribution in [1.29, 1.82) is 0 Å². The molecule has 1 aliphatic heterocycles. The van der Waals surface area contributed by atoms with Gasteiger partial charge in [-0.05, 0) is 50.4 Å². The van der Waals surface area contributed by atoms with Gasteiger partial charge < -0.3 is 15.1 Å². The number of aromatic nitrogens is 5. The molecule has 0 aliphatic carbocycles. The van der Waals surface area contributed by atoms with Crippen molar-refractivity contribution in [2.45, 2.75) is 24.5 Å². The summed E-state index contributed by atoms with van der Waals surface area (Å²) >= 11 is 0. The van der Waals surface area contributed by atoms with Gasteiger partial charge in [0.1, 0.15) is 5.39 Å². The maximum absolute atomic E-state index is 13.1. The molecule has 0 bridgehead atoms. The van der Waals surface area contributed by atoms with Crippen LogP contribution in [0.2, 0.25) is 0 Å². The average molecular weight is 536 g/mol. The van der Waals surface area contributed by atoms with Crippen molar-refractivity contribution >= 4 is 38.4 Å². The number of nitrogens with one attached hydrogen (secondary N) is 1. The van der Waals surface area contributed by atoms with E-state index in [0.717, 1.165) is 31.0 Å². The molecule has 1 aliphatic rings. The Hall–Kier alpha value is -4.07. The zero-order chi connectivity index (χ0) is 27.0. The first-order valence-corrected chi connectivity index (χ1v) is 13.6. The van der Waals surface area contributed by atoms with Crippen molar-refractivity contribution in [3.8, 4) is 5.82 Å². The monoisotopic (exact) mass is 535 g/mol. The maximum atomic E-state index is 13.1. The van der Waals surface area contributed by atoms with Crippen LogP contribution in [0.1, 0.15) is 6.92 Å². The third-order valence-electron chi connectivity index (χ3n) is 6.64. The molecule has 0 amide bonds. The van der Waals surface area contributed by atoms with Crippen LogP contribution in [0.5, 0.6) is 0 Å². The predicted octanol–water partition coefficient (Wildman–Crippen LogP) is 1.69. The second-order valence-electron chi connectivity index (χ2n) is 9.25. The second kappa shape index (κ2) is 10.0. The average Bonchev–Trinajstić information content (AvgIpc) is 3.16. The Bertz CT molecular complexity index is 1660. The van der Waals surface area contributed by atoms with Gasteiger partial charge in [0.25, 0.3) is 15.6 Å². The summed E-state index contributed by atoms with van der Waals surface area (Å²) in [5, 5.41) is 8.39. The lowest BCUT2D eigenvalue weighted by atomic mass is 10.1. The molecule has 1 aromatic carbocycles. The number of nitrogens with zero attached hydrogens (tertiary/aromatic N) is 7. The molecule has 0 spiro atoms. The Morgan fingerprint density at radius 2 is 1.92 bits per heavy atom. The number of hydrogen-bond donors (Lipinski definition) is 2. The summed E-state index contributed by atoms with van der Waals surface area (Å²) in [6.07, 6.45) is 2.99. The Morgan fingerprint density at radius 1 is 1.16 bits per heavy atom.